The molecular formula is C14H5ClNO7S-. The number of hydrogen-bond donors (Lipinski definition) is 0. The van der Waals surface area contributed by atoms with Crippen molar-refractivity contribution >= 4 is 39.0 Å². The molecule has 0 radical (unpaired) electrons. The number of halogens is 1. The molecule has 0 spiro atoms. The highest BCUT2D eigenvalue weighted by atomic mass is 35.5. The molecule has 0 bridgehead atoms. The molecule has 1 aliphatic rings. The Hall–Kier alpha value is -2.62. The first kappa shape index (κ1) is 16.2. The fourth-order valence-corrected chi connectivity index (χ4v) is 3.24. The van der Waals surface area contributed by atoms with Gasteiger partial charge in [-0.1, -0.05) is 11.6 Å². The van der Waals surface area contributed by atoms with Crippen LogP contribution in [0.1, 0.15) is 31.8 Å². The number of fused-ring (bicyclic) bond motifs is 2. The van der Waals surface area contributed by atoms with Crippen LogP contribution in [0.15, 0.2) is 35.2 Å². The molecule has 2 aromatic rings. The van der Waals surface area contributed by atoms with Crippen molar-refractivity contribution in [3.8, 4) is 0 Å². The molecule has 0 atom stereocenters. The quantitative estimate of drug-likeness (QED) is 0.384. The average molecular weight is 367 g/mol. The van der Waals surface area contributed by atoms with Crippen molar-refractivity contribution < 1.29 is 27.5 Å². The van der Waals surface area contributed by atoms with Gasteiger partial charge in [-0.15, -0.1) is 0 Å². The van der Waals surface area contributed by atoms with Gasteiger partial charge < -0.3 is 4.55 Å². The van der Waals surface area contributed by atoms with Crippen LogP contribution in [-0.4, -0.2) is 29.5 Å². The monoisotopic (exact) mass is 366 g/mol. The molecule has 122 valence electrons. The number of hydrogen-bond acceptors (Lipinski definition) is 7. The van der Waals surface area contributed by atoms with Crippen LogP contribution in [0.3, 0.4) is 0 Å². The first-order valence-corrected chi connectivity index (χ1v) is 8.08. The number of rotatable bonds is 2. The Morgan fingerprint density at radius 2 is 1.58 bits per heavy atom. The summed E-state index contributed by atoms with van der Waals surface area (Å²) in [7, 11) is -4.86. The van der Waals surface area contributed by atoms with E-state index in [0.717, 1.165) is 30.3 Å². The maximum absolute atomic E-state index is 12.6. The van der Waals surface area contributed by atoms with Crippen LogP contribution in [0.2, 0.25) is 5.02 Å². The number of nitro benzene ring substituents is 1. The summed E-state index contributed by atoms with van der Waals surface area (Å²) in [4.78, 5) is 34.7. The fourth-order valence-electron chi connectivity index (χ4n) is 2.50. The van der Waals surface area contributed by atoms with E-state index in [-0.39, 0.29) is 16.1 Å². The first-order valence-electron chi connectivity index (χ1n) is 6.29. The van der Waals surface area contributed by atoms with Gasteiger partial charge in [0.15, 0.2) is 5.78 Å². The zero-order valence-electron chi connectivity index (χ0n) is 11.5. The summed E-state index contributed by atoms with van der Waals surface area (Å²) in [6.45, 7) is 0. The third kappa shape index (κ3) is 2.30. The van der Waals surface area contributed by atoms with Crippen molar-refractivity contribution in [2.75, 3.05) is 0 Å². The van der Waals surface area contributed by atoms with Gasteiger partial charge in [-0.25, -0.2) is 8.42 Å². The van der Waals surface area contributed by atoms with Gasteiger partial charge in [0.25, 0.3) is 5.69 Å². The topological polar surface area (TPSA) is 134 Å². The predicted molar refractivity (Wildman–Crippen MR) is 79.4 cm³/mol. The molecular weight excluding hydrogens is 362 g/mol. The Morgan fingerprint density at radius 1 is 0.958 bits per heavy atom. The third-order valence-electron chi connectivity index (χ3n) is 3.55. The summed E-state index contributed by atoms with van der Waals surface area (Å²) in [6.07, 6.45) is 0. The van der Waals surface area contributed by atoms with Gasteiger partial charge in [-0.05, 0) is 24.3 Å². The van der Waals surface area contributed by atoms with Crippen molar-refractivity contribution in [1.82, 2.24) is 0 Å². The van der Waals surface area contributed by atoms with Gasteiger partial charge in [0.05, 0.1) is 20.4 Å². The molecule has 8 nitrogen and oxygen atoms in total. The highest BCUT2D eigenvalue weighted by Crippen LogP contribution is 2.37. The highest BCUT2D eigenvalue weighted by molar-refractivity contribution is 7.85. The van der Waals surface area contributed by atoms with E-state index < -0.39 is 48.3 Å². The molecule has 0 unspecified atom stereocenters. The average Bonchev–Trinajstić information content (AvgIpc) is 2.50. The molecule has 10 heteroatoms. The zero-order valence-corrected chi connectivity index (χ0v) is 13.1. The van der Waals surface area contributed by atoms with E-state index in [9.17, 15) is 32.7 Å². The van der Waals surface area contributed by atoms with Crippen LogP contribution in [0.25, 0.3) is 0 Å². The van der Waals surface area contributed by atoms with E-state index in [1.807, 2.05) is 0 Å². The van der Waals surface area contributed by atoms with Gasteiger partial charge in [0.2, 0.25) is 5.78 Å². The second kappa shape index (κ2) is 5.20. The van der Waals surface area contributed by atoms with Crippen LogP contribution < -0.4 is 0 Å². The largest absolute Gasteiger partial charge is 0.744 e. The van der Waals surface area contributed by atoms with Crippen LogP contribution in [0, 0.1) is 10.1 Å². The van der Waals surface area contributed by atoms with Gasteiger partial charge in [0, 0.05) is 17.2 Å². The van der Waals surface area contributed by atoms with Crippen molar-refractivity contribution in [1.29, 1.82) is 0 Å². The second-order valence-electron chi connectivity index (χ2n) is 4.89. The van der Waals surface area contributed by atoms with E-state index in [0.29, 0.717) is 0 Å². The molecule has 0 fully saturated rings. The molecule has 1 aliphatic carbocycles. The molecule has 0 amide bonds. The zero-order chi connectivity index (χ0) is 17.8. The summed E-state index contributed by atoms with van der Waals surface area (Å²) in [5, 5.41) is 11.0. The van der Waals surface area contributed by atoms with E-state index in [4.69, 9.17) is 11.6 Å². The summed E-state index contributed by atoms with van der Waals surface area (Å²) < 4.78 is 33.3. The minimum absolute atomic E-state index is 0.139. The van der Waals surface area contributed by atoms with Crippen molar-refractivity contribution in [3.05, 3.63) is 67.7 Å². The smallest absolute Gasteiger partial charge is 0.281 e. The van der Waals surface area contributed by atoms with Crippen molar-refractivity contribution in [2.24, 2.45) is 0 Å². The molecule has 0 aromatic heterocycles. The summed E-state index contributed by atoms with van der Waals surface area (Å²) in [5.41, 5.74) is -2.04. The Bertz CT molecular complexity index is 1060. The molecule has 0 N–H and O–H groups in total. The second-order valence-corrected chi connectivity index (χ2v) is 6.68. The predicted octanol–water partition coefficient (Wildman–Crippen LogP) is 1.93. The number of nitrogens with zero attached hydrogens (tertiary/aromatic N) is 1. The maximum atomic E-state index is 12.6. The lowest BCUT2D eigenvalue weighted by Gasteiger charge is -2.19. The number of carbonyl (C=O) groups is 2. The molecule has 0 saturated heterocycles. The van der Waals surface area contributed by atoms with Crippen molar-refractivity contribution in [2.45, 2.75) is 4.90 Å². The van der Waals surface area contributed by atoms with Crippen LogP contribution >= 0.6 is 11.6 Å². The summed E-state index contributed by atoms with van der Waals surface area (Å²) >= 11 is 5.91. The molecule has 0 saturated carbocycles. The Labute approximate surface area is 139 Å². The maximum Gasteiger partial charge on any atom is 0.281 e. The number of carbonyl (C=O) groups excluding carboxylic acids is 2. The van der Waals surface area contributed by atoms with Gasteiger partial charge in [0.1, 0.15) is 15.7 Å². The fraction of sp³-hybridized carbons (Fsp3) is 0. The lowest BCUT2D eigenvalue weighted by molar-refractivity contribution is -0.385. The van der Waals surface area contributed by atoms with Crippen LogP contribution in [-0.2, 0) is 10.1 Å². The molecule has 0 heterocycles. The number of ketones is 2. The summed E-state index contributed by atoms with van der Waals surface area (Å²) in [5.74, 6) is -1.71. The highest BCUT2D eigenvalue weighted by Gasteiger charge is 2.37. The SMILES string of the molecule is O=C1c2ccc(S(=O)(=O)[O-])cc2C(=O)c2c([N+](=O)[O-])ccc(Cl)c21. The van der Waals surface area contributed by atoms with E-state index in [2.05, 4.69) is 0 Å². The molecule has 0 aliphatic heterocycles. The molecule has 24 heavy (non-hydrogen) atoms. The Morgan fingerprint density at radius 3 is 2.17 bits per heavy atom. The third-order valence-corrected chi connectivity index (χ3v) is 4.70. The summed E-state index contributed by atoms with van der Waals surface area (Å²) in [6, 6.07) is 4.75. The van der Waals surface area contributed by atoms with Gasteiger partial charge in [-0.2, -0.15) is 0 Å². The first-order chi connectivity index (χ1) is 11.1. The van der Waals surface area contributed by atoms with Crippen LogP contribution in [0.4, 0.5) is 5.69 Å². The van der Waals surface area contributed by atoms with Gasteiger partial charge in [-0.3, -0.25) is 19.7 Å². The van der Waals surface area contributed by atoms with E-state index in [1.165, 1.54) is 0 Å². The Balaban J connectivity index is 2.37. The van der Waals surface area contributed by atoms with Crippen molar-refractivity contribution in [3.63, 3.8) is 0 Å². The minimum atomic E-state index is -4.86. The lowest BCUT2D eigenvalue weighted by atomic mass is 9.83. The van der Waals surface area contributed by atoms with Gasteiger partial charge >= 0.3 is 0 Å². The normalized spacial score (nSPS) is 13.4. The lowest BCUT2D eigenvalue weighted by Crippen LogP contribution is -2.23. The standard InChI is InChI=1S/C14H6ClNO7S/c15-9-3-4-10(16(19)20)12-11(9)13(17)7-2-1-6(24(21,22)23)5-8(7)14(12)18/h1-5H,(H,21,22,23)/p-1. The molecule has 2 aromatic carbocycles. The molecule has 3 rings (SSSR count). The number of nitro groups is 1. The van der Waals surface area contributed by atoms with E-state index >= 15 is 0 Å². The Kier molecular flexibility index (Phi) is 3.52. The number of benzene rings is 2. The van der Waals surface area contributed by atoms with Crippen LogP contribution in [0.5, 0.6) is 0 Å². The van der Waals surface area contributed by atoms with E-state index in [1.54, 1.807) is 0 Å². The minimum Gasteiger partial charge on any atom is -0.744 e.